The van der Waals surface area contributed by atoms with E-state index in [4.69, 9.17) is 5.73 Å². The molecule has 0 atom stereocenters. The second-order valence-electron chi connectivity index (χ2n) is 5.45. The van der Waals surface area contributed by atoms with Crippen LogP contribution in [0.5, 0.6) is 0 Å². The molecule has 0 saturated heterocycles. The lowest BCUT2D eigenvalue weighted by atomic mass is 9.99. The highest BCUT2D eigenvalue weighted by Gasteiger charge is 2.25. The van der Waals surface area contributed by atoms with Gasteiger partial charge < -0.3 is 10.6 Å². The SMILES string of the molecule is CCCc1nc(N)c(C)c(N(C)C(C)(C)CC)n1. The van der Waals surface area contributed by atoms with E-state index in [9.17, 15) is 0 Å². The van der Waals surface area contributed by atoms with Gasteiger partial charge in [-0.05, 0) is 33.6 Å². The summed E-state index contributed by atoms with van der Waals surface area (Å²) in [6, 6.07) is 0. The Labute approximate surface area is 111 Å². The maximum atomic E-state index is 6.00. The maximum absolute atomic E-state index is 6.00. The maximum Gasteiger partial charge on any atom is 0.137 e. The normalized spacial score (nSPS) is 11.7. The van der Waals surface area contributed by atoms with Crippen molar-refractivity contribution >= 4 is 11.6 Å². The first-order valence-electron chi connectivity index (χ1n) is 6.70. The minimum Gasteiger partial charge on any atom is -0.383 e. The molecule has 0 amide bonds. The summed E-state index contributed by atoms with van der Waals surface area (Å²) in [7, 11) is 2.08. The zero-order valence-electron chi connectivity index (χ0n) is 12.5. The molecule has 18 heavy (non-hydrogen) atoms. The van der Waals surface area contributed by atoms with Gasteiger partial charge >= 0.3 is 0 Å². The number of rotatable bonds is 5. The summed E-state index contributed by atoms with van der Waals surface area (Å²) in [6.07, 6.45) is 2.96. The highest BCUT2D eigenvalue weighted by atomic mass is 15.2. The molecule has 0 aliphatic heterocycles. The van der Waals surface area contributed by atoms with Crippen LogP contribution in [0, 0.1) is 6.92 Å². The third-order valence-electron chi connectivity index (χ3n) is 3.77. The van der Waals surface area contributed by atoms with Crippen LogP contribution in [0.15, 0.2) is 0 Å². The molecular formula is C14H26N4. The highest BCUT2D eigenvalue weighted by molar-refractivity contribution is 5.57. The first-order valence-corrected chi connectivity index (χ1v) is 6.70. The lowest BCUT2D eigenvalue weighted by molar-refractivity contribution is 0.465. The van der Waals surface area contributed by atoms with Crippen LogP contribution in [0.3, 0.4) is 0 Å². The number of hydrogen-bond acceptors (Lipinski definition) is 4. The van der Waals surface area contributed by atoms with E-state index in [1.807, 2.05) is 6.92 Å². The number of nitrogen functional groups attached to an aromatic ring is 1. The van der Waals surface area contributed by atoms with Gasteiger partial charge in [0, 0.05) is 24.6 Å². The van der Waals surface area contributed by atoms with E-state index in [1.54, 1.807) is 0 Å². The van der Waals surface area contributed by atoms with Gasteiger partial charge in [0.2, 0.25) is 0 Å². The van der Waals surface area contributed by atoms with Crippen LogP contribution < -0.4 is 10.6 Å². The predicted octanol–water partition coefficient (Wildman–Crippen LogP) is 2.94. The second kappa shape index (κ2) is 5.55. The second-order valence-corrected chi connectivity index (χ2v) is 5.45. The van der Waals surface area contributed by atoms with E-state index in [-0.39, 0.29) is 5.54 Å². The van der Waals surface area contributed by atoms with Gasteiger partial charge in [-0.3, -0.25) is 0 Å². The van der Waals surface area contributed by atoms with Gasteiger partial charge in [0.25, 0.3) is 0 Å². The molecule has 1 aromatic heterocycles. The fourth-order valence-electron chi connectivity index (χ4n) is 1.75. The van der Waals surface area contributed by atoms with Crippen molar-refractivity contribution in [2.75, 3.05) is 17.7 Å². The van der Waals surface area contributed by atoms with Crippen molar-refractivity contribution in [2.45, 2.75) is 59.4 Å². The number of anilines is 2. The van der Waals surface area contributed by atoms with Gasteiger partial charge in [-0.15, -0.1) is 0 Å². The number of hydrogen-bond donors (Lipinski definition) is 1. The van der Waals surface area contributed by atoms with Gasteiger partial charge in [0.1, 0.15) is 17.5 Å². The summed E-state index contributed by atoms with van der Waals surface area (Å²) < 4.78 is 0. The Balaban J connectivity index is 3.22. The van der Waals surface area contributed by atoms with E-state index >= 15 is 0 Å². The minimum atomic E-state index is 0.0645. The third kappa shape index (κ3) is 2.92. The molecule has 0 aromatic carbocycles. The molecule has 0 aliphatic rings. The average molecular weight is 250 g/mol. The number of aromatic nitrogens is 2. The third-order valence-corrected chi connectivity index (χ3v) is 3.77. The molecule has 0 spiro atoms. The number of nitrogens with zero attached hydrogens (tertiary/aromatic N) is 3. The first kappa shape index (κ1) is 14.7. The lowest BCUT2D eigenvalue weighted by Gasteiger charge is -2.36. The number of nitrogens with two attached hydrogens (primary N) is 1. The van der Waals surface area contributed by atoms with Gasteiger partial charge in [-0.1, -0.05) is 13.8 Å². The van der Waals surface area contributed by atoms with Gasteiger partial charge in [-0.2, -0.15) is 0 Å². The molecule has 1 heterocycles. The molecule has 0 saturated carbocycles. The molecule has 102 valence electrons. The Hall–Kier alpha value is -1.32. The smallest absolute Gasteiger partial charge is 0.137 e. The largest absolute Gasteiger partial charge is 0.383 e. The molecule has 0 fully saturated rings. The van der Waals surface area contributed by atoms with Crippen molar-refractivity contribution in [1.82, 2.24) is 9.97 Å². The molecule has 0 bridgehead atoms. The fraction of sp³-hybridized carbons (Fsp3) is 0.714. The molecule has 0 aliphatic carbocycles. The molecular weight excluding hydrogens is 224 g/mol. The van der Waals surface area contributed by atoms with Crippen LogP contribution in [0.25, 0.3) is 0 Å². The highest BCUT2D eigenvalue weighted by Crippen LogP contribution is 2.28. The molecule has 0 unspecified atom stereocenters. The molecule has 4 nitrogen and oxygen atoms in total. The van der Waals surface area contributed by atoms with Crippen LogP contribution in [0.4, 0.5) is 11.6 Å². The van der Waals surface area contributed by atoms with Crippen LogP contribution in [0.2, 0.25) is 0 Å². The van der Waals surface area contributed by atoms with Crippen LogP contribution >= 0.6 is 0 Å². The van der Waals surface area contributed by atoms with Crippen molar-refractivity contribution in [3.63, 3.8) is 0 Å². The zero-order chi connectivity index (χ0) is 13.9. The van der Waals surface area contributed by atoms with Crippen molar-refractivity contribution in [1.29, 1.82) is 0 Å². The summed E-state index contributed by atoms with van der Waals surface area (Å²) in [4.78, 5) is 11.2. The Kier molecular flexibility index (Phi) is 4.54. The molecule has 0 radical (unpaired) electrons. The Morgan fingerprint density at radius 3 is 2.33 bits per heavy atom. The molecule has 1 rings (SSSR count). The Bertz CT molecular complexity index is 413. The summed E-state index contributed by atoms with van der Waals surface area (Å²) in [5.41, 5.74) is 7.03. The average Bonchev–Trinajstić information content (AvgIpc) is 2.33. The summed E-state index contributed by atoms with van der Waals surface area (Å²) >= 11 is 0. The van der Waals surface area contributed by atoms with Crippen molar-refractivity contribution in [3.05, 3.63) is 11.4 Å². The summed E-state index contributed by atoms with van der Waals surface area (Å²) in [5, 5.41) is 0. The summed E-state index contributed by atoms with van der Waals surface area (Å²) in [6.45, 7) is 10.7. The van der Waals surface area contributed by atoms with E-state index in [2.05, 4.69) is 49.6 Å². The first-order chi connectivity index (χ1) is 8.33. The number of aryl methyl sites for hydroxylation is 1. The Morgan fingerprint density at radius 2 is 1.83 bits per heavy atom. The fourth-order valence-corrected chi connectivity index (χ4v) is 1.75. The summed E-state index contributed by atoms with van der Waals surface area (Å²) in [5.74, 6) is 2.40. The molecule has 1 aromatic rings. The van der Waals surface area contributed by atoms with Crippen LogP contribution in [-0.2, 0) is 6.42 Å². The van der Waals surface area contributed by atoms with Crippen LogP contribution in [0.1, 0.15) is 51.9 Å². The monoisotopic (exact) mass is 250 g/mol. The van der Waals surface area contributed by atoms with E-state index in [0.29, 0.717) is 5.82 Å². The van der Waals surface area contributed by atoms with Crippen molar-refractivity contribution in [3.8, 4) is 0 Å². The standard InChI is InChI=1S/C14H26N4/c1-7-9-11-16-12(15)10(3)13(17-11)18(6)14(4,5)8-2/h7-9H2,1-6H3,(H2,15,16,17). The quantitative estimate of drug-likeness (QED) is 0.873. The van der Waals surface area contributed by atoms with E-state index < -0.39 is 0 Å². The minimum absolute atomic E-state index is 0.0645. The van der Waals surface area contributed by atoms with E-state index in [0.717, 1.165) is 36.5 Å². The van der Waals surface area contributed by atoms with Crippen molar-refractivity contribution < 1.29 is 0 Å². The van der Waals surface area contributed by atoms with Gasteiger partial charge in [-0.25, -0.2) is 9.97 Å². The van der Waals surface area contributed by atoms with Crippen LogP contribution in [-0.4, -0.2) is 22.6 Å². The zero-order valence-corrected chi connectivity index (χ0v) is 12.5. The van der Waals surface area contributed by atoms with Gasteiger partial charge in [0.15, 0.2) is 0 Å². The van der Waals surface area contributed by atoms with E-state index in [1.165, 1.54) is 0 Å². The lowest BCUT2D eigenvalue weighted by Crippen LogP contribution is -2.41. The molecule has 4 heteroatoms. The van der Waals surface area contributed by atoms with Gasteiger partial charge in [0.05, 0.1) is 0 Å². The Morgan fingerprint density at radius 1 is 1.22 bits per heavy atom. The van der Waals surface area contributed by atoms with Crippen molar-refractivity contribution in [2.24, 2.45) is 0 Å². The predicted molar refractivity (Wildman–Crippen MR) is 77.9 cm³/mol. The topological polar surface area (TPSA) is 55.0 Å². The molecule has 2 N–H and O–H groups in total.